The van der Waals surface area contributed by atoms with E-state index in [1.807, 2.05) is 24.3 Å². The monoisotopic (exact) mass is 261 g/mol. The fraction of sp³-hybridized carbons (Fsp3) is 0.385. The van der Waals surface area contributed by atoms with E-state index in [2.05, 4.69) is 27.6 Å². The Morgan fingerprint density at radius 1 is 1.32 bits per heavy atom. The number of nitrogens with zero attached hydrogens (tertiary/aromatic N) is 2. The molecule has 0 radical (unpaired) electrons. The molecule has 0 saturated carbocycles. The summed E-state index contributed by atoms with van der Waals surface area (Å²) in [6.45, 7) is 2.80. The van der Waals surface area contributed by atoms with Crippen LogP contribution in [0.3, 0.4) is 0 Å². The fourth-order valence-corrected chi connectivity index (χ4v) is 1.85. The maximum atomic E-state index is 5.40. The number of fused-ring (bicyclic) bond motifs is 1. The number of rotatable bonds is 6. The van der Waals surface area contributed by atoms with Crippen LogP contribution in [0.4, 0.5) is 11.8 Å². The molecule has 4 N–H and O–H groups in total. The van der Waals surface area contributed by atoms with Crippen molar-refractivity contribution >= 4 is 22.7 Å². The Hall–Kier alpha value is -1.92. The topological polar surface area (TPSA) is 85.1 Å². The second-order valence-corrected chi connectivity index (χ2v) is 4.38. The van der Waals surface area contributed by atoms with Gasteiger partial charge in [-0.3, -0.25) is 5.43 Å². The first-order valence-corrected chi connectivity index (χ1v) is 6.23. The van der Waals surface area contributed by atoms with E-state index < -0.39 is 0 Å². The molecule has 0 bridgehead atoms. The van der Waals surface area contributed by atoms with Gasteiger partial charge < -0.3 is 10.1 Å². The molecule has 0 aliphatic heterocycles. The van der Waals surface area contributed by atoms with Gasteiger partial charge in [-0.1, -0.05) is 12.1 Å². The number of hydrogen-bond donors (Lipinski definition) is 3. The number of anilines is 2. The minimum absolute atomic E-state index is 0.254. The van der Waals surface area contributed by atoms with Gasteiger partial charge in [0.1, 0.15) is 5.82 Å². The molecular formula is C13H19N5O. The number of benzene rings is 1. The lowest BCUT2D eigenvalue weighted by atomic mass is 10.2. The predicted octanol–water partition coefficient (Wildman–Crippen LogP) is 1.75. The molecule has 0 aliphatic carbocycles. The van der Waals surface area contributed by atoms with Crippen LogP contribution in [-0.4, -0.2) is 29.7 Å². The minimum atomic E-state index is 0.254. The smallest absolute Gasteiger partial charge is 0.239 e. The molecule has 102 valence electrons. The second-order valence-electron chi connectivity index (χ2n) is 4.38. The maximum absolute atomic E-state index is 5.40. The fourth-order valence-electron chi connectivity index (χ4n) is 1.85. The number of nitrogens with two attached hydrogens (primary N) is 1. The molecule has 1 aromatic carbocycles. The van der Waals surface area contributed by atoms with Crippen molar-refractivity contribution in [2.75, 3.05) is 24.5 Å². The normalized spacial score (nSPS) is 12.4. The number of para-hydroxylation sites is 1. The number of aromatic nitrogens is 2. The van der Waals surface area contributed by atoms with E-state index in [0.717, 1.165) is 23.1 Å². The van der Waals surface area contributed by atoms with E-state index >= 15 is 0 Å². The molecule has 1 atom stereocenters. The van der Waals surface area contributed by atoms with Crippen LogP contribution in [0.15, 0.2) is 24.3 Å². The Balaban J connectivity index is 2.29. The molecule has 0 spiro atoms. The van der Waals surface area contributed by atoms with Crippen LogP contribution < -0.4 is 16.6 Å². The maximum Gasteiger partial charge on any atom is 0.239 e. The Morgan fingerprint density at radius 2 is 2.11 bits per heavy atom. The zero-order chi connectivity index (χ0) is 13.7. The van der Waals surface area contributed by atoms with Gasteiger partial charge in [-0.2, -0.15) is 4.98 Å². The molecule has 6 nitrogen and oxygen atoms in total. The van der Waals surface area contributed by atoms with Crippen LogP contribution in [0, 0.1) is 0 Å². The Bertz CT molecular complexity index is 546. The van der Waals surface area contributed by atoms with Crippen molar-refractivity contribution in [2.45, 2.75) is 19.4 Å². The predicted molar refractivity (Wildman–Crippen MR) is 76.9 cm³/mol. The average molecular weight is 261 g/mol. The van der Waals surface area contributed by atoms with Gasteiger partial charge in [-0.05, 0) is 25.5 Å². The van der Waals surface area contributed by atoms with Crippen molar-refractivity contribution in [3.63, 3.8) is 0 Å². The third-order valence-corrected chi connectivity index (χ3v) is 2.87. The van der Waals surface area contributed by atoms with E-state index in [1.54, 1.807) is 7.11 Å². The van der Waals surface area contributed by atoms with E-state index in [-0.39, 0.29) is 6.04 Å². The summed E-state index contributed by atoms with van der Waals surface area (Å²) in [6, 6.07) is 8.08. The summed E-state index contributed by atoms with van der Waals surface area (Å²) in [7, 11) is 1.70. The zero-order valence-corrected chi connectivity index (χ0v) is 11.2. The van der Waals surface area contributed by atoms with Crippen molar-refractivity contribution in [1.29, 1.82) is 0 Å². The van der Waals surface area contributed by atoms with Crippen LogP contribution in [0.1, 0.15) is 13.3 Å². The van der Waals surface area contributed by atoms with Gasteiger partial charge in [-0.25, -0.2) is 10.8 Å². The van der Waals surface area contributed by atoms with Crippen molar-refractivity contribution in [3.8, 4) is 0 Å². The van der Waals surface area contributed by atoms with Crippen LogP contribution in [-0.2, 0) is 4.74 Å². The lowest BCUT2D eigenvalue weighted by Crippen LogP contribution is -2.19. The molecule has 0 aliphatic rings. The minimum Gasteiger partial charge on any atom is -0.385 e. The molecular weight excluding hydrogens is 242 g/mol. The first-order chi connectivity index (χ1) is 9.24. The van der Waals surface area contributed by atoms with Crippen molar-refractivity contribution in [1.82, 2.24) is 9.97 Å². The molecule has 19 heavy (non-hydrogen) atoms. The summed E-state index contributed by atoms with van der Waals surface area (Å²) in [5, 5.41) is 4.35. The second kappa shape index (κ2) is 6.31. The van der Waals surface area contributed by atoms with E-state index in [9.17, 15) is 0 Å². The summed E-state index contributed by atoms with van der Waals surface area (Å²) >= 11 is 0. The van der Waals surface area contributed by atoms with Gasteiger partial charge >= 0.3 is 0 Å². The number of nitrogen functional groups attached to an aromatic ring is 1. The Labute approximate surface area is 112 Å². The van der Waals surface area contributed by atoms with Crippen LogP contribution >= 0.6 is 0 Å². The van der Waals surface area contributed by atoms with Gasteiger partial charge in [0.05, 0.1) is 5.52 Å². The highest BCUT2D eigenvalue weighted by Gasteiger charge is 2.09. The van der Waals surface area contributed by atoms with Crippen molar-refractivity contribution in [2.24, 2.45) is 5.84 Å². The summed E-state index contributed by atoms with van der Waals surface area (Å²) in [6.07, 6.45) is 0.903. The highest BCUT2D eigenvalue weighted by Crippen LogP contribution is 2.22. The molecule has 6 heteroatoms. The highest BCUT2D eigenvalue weighted by molar-refractivity contribution is 5.90. The largest absolute Gasteiger partial charge is 0.385 e. The van der Waals surface area contributed by atoms with Crippen molar-refractivity contribution < 1.29 is 4.74 Å². The molecule has 0 amide bonds. The number of nitrogens with one attached hydrogen (secondary N) is 2. The van der Waals surface area contributed by atoms with E-state index in [0.29, 0.717) is 12.6 Å². The Morgan fingerprint density at radius 3 is 2.84 bits per heavy atom. The average Bonchev–Trinajstić information content (AvgIpc) is 2.44. The first-order valence-electron chi connectivity index (χ1n) is 6.23. The standard InChI is InChI=1S/C13H19N5O/c1-9(7-8-19-2)15-12-10-5-3-4-6-11(10)16-13(17-12)18-14/h3-6,9H,7-8,14H2,1-2H3,(H2,15,16,17,18). The SMILES string of the molecule is COCCC(C)Nc1nc(NN)nc2ccccc12. The molecule has 1 unspecified atom stereocenters. The molecule has 0 saturated heterocycles. The van der Waals surface area contributed by atoms with Crippen LogP contribution in [0.2, 0.25) is 0 Å². The zero-order valence-electron chi connectivity index (χ0n) is 11.2. The Kier molecular flexibility index (Phi) is 4.48. The molecule has 2 aromatic rings. The summed E-state index contributed by atoms with van der Waals surface area (Å²) < 4.78 is 5.08. The molecule has 1 aromatic heterocycles. The quantitative estimate of drug-likeness (QED) is 0.542. The molecule has 1 heterocycles. The van der Waals surface area contributed by atoms with Crippen LogP contribution in [0.25, 0.3) is 10.9 Å². The van der Waals surface area contributed by atoms with Gasteiger partial charge in [-0.15, -0.1) is 0 Å². The van der Waals surface area contributed by atoms with Gasteiger partial charge in [0.25, 0.3) is 0 Å². The summed E-state index contributed by atoms with van der Waals surface area (Å²) in [5.41, 5.74) is 3.34. The number of methoxy groups -OCH3 is 1. The van der Waals surface area contributed by atoms with Gasteiger partial charge in [0, 0.05) is 25.1 Å². The molecule has 2 rings (SSSR count). The third-order valence-electron chi connectivity index (χ3n) is 2.87. The van der Waals surface area contributed by atoms with E-state index in [1.165, 1.54) is 0 Å². The third kappa shape index (κ3) is 3.30. The lowest BCUT2D eigenvalue weighted by molar-refractivity contribution is 0.191. The van der Waals surface area contributed by atoms with Crippen molar-refractivity contribution in [3.05, 3.63) is 24.3 Å². The first kappa shape index (κ1) is 13.5. The van der Waals surface area contributed by atoms with E-state index in [4.69, 9.17) is 10.6 Å². The number of hydrazine groups is 1. The summed E-state index contributed by atoms with van der Waals surface area (Å²) in [5.74, 6) is 6.58. The highest BCUT2D eigenvalue weighted by atomic mass is 16.5. The summed E-state index contributed by atoms with van der Waals surface area (Å²) in [4.78, 5) is 8.68. The van der Waals surface area contributed by atoms with Gasteiger partial charge in [0.2, 0.25) is 5.95 Å². The van der Waals surface area contributed by atoms with Gasteiger partial charge in [0.15, 0.2) is 0 Å². The number of ether oxygens (including phenoxy) is 1. The van der Waals surface area contributed by atoms with Crippen LogP contribution in [0.5, 0.6) is 0 Å². The molecule has 0 fully saturated rings. The lowest BCUT2D eigenvalue weighted by Gasteiger charge is -2.16. The number of hydrogen-bond acceptors (Lipinski definition) is 6.